The molecule has 32 heavy (non-hydrogen) atoms. The number of fused-ring (bicyclic) bond motifs is 3. The van der Waals surface area contributed by atoms with Gasteiger partial charge in [0.2, 0.25) is 17.5 Å². The third kappa shape index (κ3) is 4.12. The quantitative estimate of drug-likeness (QED) is 0.603. The molecule has 7 atom stereocenters. The van der Waals surface area contributed by atoms with E-state index in [1.165, 1.54) is 31.2 Å². The molecule has 5 rings (SSSR count). The van der Waals surface area contributed by atoms with Crippen molar-refractivity contribution in [2.45, 2.75) is 102 Å². The lowest BCUT2D eigenvalue weighted by molar-refractivity contribution is -0.382. The molecule has 1 aromatic carbocycles. The van der Waals surface area contributed by atoms with Gasteiger partial charge in [0.25, 0.3) is 0 Å². The number of carbonyl (C=O) groups is 1. The zero-order valence-electron chi connectivity index (χ0n) is 19.7. The predicted octanol–water partition coefficient (Wildman–Crippen LogP) is 5.62. The lowest BCUT2D eigenvalue weighted by atomic mass is 9.61. The van der Waals surface area contributed by atoms with Gasteiger partial charge in [-0.25, -0.2) is 0 Å². The van der Waals surface area contributed by atoms with Crippen molar-refractivity contribution >= 4 is 5.91 Å². The van der Waals surface area contributed by atoms with Gasteiger partial charge >= 0.3 is 0 Å². The van der Waals surface area contributed by atoms with Crippen LogP contribution in [-0.2, 0) is 25.7 Å². The molecule has 0 radical (unpaired) electrons. The molecule has 4 aliphatic rings. The van der Waals surface area contributed by atoms with Crippen molar-refractivity contribution in [1.82, 2.24) is 0 Å². The molecule has 2 N–H and O–H groups in total. The van der Waals surface area contributed by atoms with Crippen LogP contribution in [0.3, 0.4) is 0 Å². The van der Waals surface area contributed by atoms with Gasteiger partial charge in [0.1, 0.15) is 0 Å². The van der Waals surface area contributed by atoms with E-state index in [2.05, 4.69) is 38.1 Å². The Labute approximate surface area is 192 Å². The zero-order chi connectivity index (χ0) is 22.3. The van der Waals surface area contributed by atoms with E-state index in [0.717, 1.165) is 49.5 Å². The van der Waals surface area contributed by atoms with Crippen molar-refractivity contribution in [2.24, 2.45) is 29.4 Å². The Morgan fingerprint density at radius 1 is 1.12 bits per heavy atom. The molecule has 1 aliphatic heterocycles. The summed E-state index contributed by atoms with van der Waals surface area (Å²) in [6.45, 7) is 4.66. The summed E-state index contributed by atoms with van der Waals surface area (Å²) >= 11 is 0. The topological polar surface area (TPSA) is 70.8 Å². The van der Waals surface area contributed by atoms with Crippen LogP contribution in [-0.4, -0.2) is 17.5 Å². The standard InChI is InChI=1S/C27H39NO4/c1-3-23-15-20-13-18(2)14-24(16-20)27(23)30-26(31-32-27)12-4-5-22(17-26)21-9-6-19(7-10-21)8-11-25(28)29/h6-7,9-10,18,20,22-24H,3-5,8,11-17H2,1-2H3,(H2,28,29)/t18?,20?,22-,23?,24?,26-,27+/m1/s1. The molecule has 1 aromatic rings. The van der Waals surface area contributed by atoms with Gasteiger partial charge in [0.15, 0.2) is 0 Å². The Bertz CT molecular complexity index is 823. The molecule has 3 saturated carbocycles. The molecule has 4 fully saturated rings. The summed E-state index contributed by atoms with van der Waals surface area (Å²) in [5, 5.41) is 0. The van der Waals surface area contributed by atoms with E-state index in [9.17, 15) is 4.79 Å². The maximum Gasteiger partial charge on any atom is 0.217 e. The first kappa shape index (κ1) is 22.4. The van der Waals surface area contributed by atoms with Gasteiger partial charge < -0.3 is 10.5 Å². The van der Waals surface area contributed by atoms with Gasteiger partial charge in [0.05, 0.1) is 0 Å². The van der Waals surface area contributed by atoms with E-state index in [0.29, 0.717) is 30.6 Å². The fraction of sp³-hybridized carbons (Fsp3) is 0.741. The smallest absolute Gasteiger partial charge is 0.217 e. The van der Waals surface area contributed by atoms with Gasteiger partial charge in [-0.1, -0.05) is 38.1 Å². The third-order valence-corrected chi connectivity index (χ3v) is 8.74. The molecule has 1 amide bonds. The summed E-state index contributed by atoms with van der Waals surface area (Å²) in [6, 6.07) is 8.67. The number of hydrogen-bond donors (Lipinski definition) is 1. The number of nitrogens with two attached hydrogens (primary N) is 1. The van der Waals surface area contributed by atoms with Gasteiger partial charge in [0, 0.05) is 31.1 Å². The SMILES string of the molecule is CCC1CC2CC(C)CC(C2)[C@@]12OO[C@@]1(CCC[C@@H](c3ccc(CCC(N)=O)cc3)C1)O2. The Morgan fingerprint density at radius 3 is 2.69 bits per heavy atom. The average Bonchev–Trinajstić information content (AvgIpc) is 3.14. The van der Waals surface area contributed by atoms with Crippen LogP contribution in [0.2, 0.25) is 0 Å². The van der Waals surface area contributed by atoms with Crippen LogP contribution in [0.15, 0.2) is 24.3 Å². The molecule has 4 unspecified atom stereocenters. The number of hydrogen-bond acceptors (Lipinski definition) is 4. The number of amides is 1. The van der Waals surface area contributed by atoms with Crippen molar-refractivity contribution in [2.75, 3.05) is 0 Å². The largest absolute Gasteiger partial charge is 0.370 e. The molecule has 1 heterocycles. The predicted molar refractivity (Wildman–Crippen MR) is 122 cm³/mol. The molecule has 2 bridgehead atoms. The highest BCUT2D eigenvalue weighted by Gasteiger charge is 2.63. The highest BCUT2D eigenvalue weighted by atomic mass is 17.3. The van der Waals surface area contributed by atoms with Crippen molar-refractivity contribution < 1.29 is 19.3 Å². The highest BCUT2D eigenvalue weighted by molar-refractivity contribution is 5.74. The summed E-state index contributed by atoms with van der Waals surface area (Å²) in [7, 11) is 0. The lowest BCUT2D eigenvalue weighted by Gasteiger charge is -2.51. The Hall–Kier alpha value is -1.43. The number of carbonyl (C=O) groups excluding carboxylic acids is 1. The van der Waals surface area contributed by atoms with E-state index in [-0.39, 0.29) is 5.91 Å². The van der Waals surface area contributed by atoms with Crippen LogP contribution in [0, 0.1) is 23.7 Å². The first-order valence-electron chi connectivity index (χ1n) is 12.9. The van der Waals surface area contributed by atoms with Gasteiger partial charge in [-0.15, -0.1) is 0 Å². The molecule has 5 heteroatoms. The maximum absolute atomic E-state index is 11.1. The second-order valence-electron chi connectivity index (χ2n) is 11.1. The molecular formula is C27H39NO4. The number of rotatable bonds is 5. The zero-order valence-corrected chi connectivity index (χ0v) is 19.7. The van der Waals surface area contributed by atoms with Crippen LogP contribution in [0.5, 0.6) is 0 Å². The molecule has 0 aromatic heterocycles. The molecular weight excluding hydrogens is 402 g/mol. The normalized spacial score (nSPS) is 41.2. The summed E-state index contributed by atoms with van der Waals surface area (Å²) in [5.41, 5.74) is 7.77. The number of primary amides is 1. The third-order valence-electron chi connectivity index (χ3n) is 8.74. The van der Waals surface area contributed by atoms with Crippen LogP contribution in [0.25, 0.3) is 0 Å². The fourth-order valence-electron chi connectivity index (χ4n) is 7.26. The van der Waals surface area contributed by atoms with E-state index in [1.807, 2.05) is 0 Å². The van der Waals surface area contributed by atoms with Crippen molar-refractivity contribution in [3.05, 3.63) is 35.4 Å². The van der Waals surface area contributed by atoms with Gasteiger partial charge in [-0.3, -0.25) is 4.79 Å². The average molecular weight is 442 g/mol. The molecule has 5 nitrogen and oxygen atoms in total. The van der Waals surface area contributed by atoms with Gasteiger partial charge in [-0.2, -0.15) is 9.78 Å². The fourth-order valence-corrected chi connectivity index (χ4v) is 7.26. The maximum atomic E-state index is 11.1. The molecule has 1 saturated heterocycles. The van der Waals surface area contributed by atoms with E-state index in [4.69, 9.17) is 20.2 Å². The van der Waals surface area contributed by atoms with Crippen molar-refractivity contribution in [1.29, 1.82) is 0 Å². The van der Waals surface area contributed by atoms with E-state index >= 15 is 0 Å². The van der Waals surface area contributed by atoms with Crippen LogP contribution in [0.1, 0.15) is 95.1 Å². The number of benzene rings is 1. The number of aryl methyl sites for hydroxylation is 1. The molecule has 2 spiro atoms. The van der Waals surface area contributed by atoms with Gasteiger partial charge in [-0.05, 0) is 80.2 Å². The van der Waals surface area contributed by atoms with Crippen molar-refractivity contribution in [3.63, 3.8) is 0 Å². The second kappa shape index (κ2) is 8.73. The van der Waals surface area contributed by atoms with Crippen LogP contribution in [0.4, 0.5) is 0 Å². The Kier molecular flexibility index (Phi) is 6.10. The summed E-state index contributed by atoms with van der Waals surface area (Å²) < 4.78 is 7.00. The minimum absolute atomic E-state index is 0.250. The van der Waals surface area contributed by atoms with Crippen LogP contribution < -0.4 is 5.73 Å². The monoisotopic (exact) mass is 441 g/mol. The lowest BCUT2D eigenvalue weighted by Crippen LogP contribution is -2.55. The minimum Gasteiger partial charge on any atom is -0.370 e. The summed E-state index contributed by atoms with van der Waals surface area (Å²) in [4.78, 5) is 23.6. The Morgan fingerprint density at radius 2 is 1.94 bits per heavy atom. The molecule has 176 valence electrons. The Balaban J connectivity index is 1.31. The first-order valence-corrected chi connectivity index (χ1v) is 12.9. The minimum atomic E-state index is -0.617. The summed E-state index contributed by atoms with van der Waals surface area (Å²) in [5.74, 6) is 1.39. The van der Waals surface area contributed by atoms with E-state index < -0.39 is 11.6 Å². The molecule has 3 aliphatic carbocycles. The van der Waals surface area contributed by atoms with Crippen LogP contribution >= 0.6 is 0 Å². The van der Waals surface area contributed by atoms with Crippen molar-refractivity contribution in [3.8, 4) is 0 Å². The second-order valence-corrected chi connectivity index (χ2v) is 11.1. The van der Waals surface area contributed by atoms with E-state index in [1.54, 1.807) is 0 Å². The number of ether oxygens (including phenoxy) is 1. The highest BCUT2D eigenvalue weighted by Crippen LogP contribution is 2.59. The first-order chi connectivity index (χ1) is 15.4. The summed E-state index contributed by atoms with van der Waals surface area (Å²) in [6.07, 6.45) is 11.1.